The third-order valence-electron chi connectivity index (χ3n) is 2.52. The molecule has 0 amide bonds. The lowest BCUT2D eigenvalue weighted by atomic mass is 9.96. The number of ether oxygens (including phenoxy) is 2. The smallest absolute Gasteiger partial charge is 0.337 e. The topological polar surface area (TPSA) is 35.5 Å². The summed E-state index contributed by atoms with van der Waals surface area (Å²) < 4.78 is 23.1. The maximum atomic E-state index is 13.3. The summed E-state index contributed by atoms with van der Waals surface area (Å²) in [6.45, 7) is 3.59. The highest BCUT2D eigenvalue weighted by atomic mass is 19.1. The lowest BCUT2D eigenvalue weighted by Gasteiger charge is -2.23. The molecular weight excluding hydrogens is 211 g/mol. The zero-order chi connectivity index (χ0) is 12.3. The van der Waals surface area contributed by atoms with Crippen LogP contribution in [-0.4, -0.2) is 20.2 Å². The van der Waals surface area contributed by atoms with E-state index in [1.54, 1.807) is 19.9 Å². The van der Waals surface area contributed by atoms with Gasteiger partial charge in [-0.1, -0.05) is 0 Å². The molecule has 1 aromatic rings. The number of halogens is 1. The SMILES string of the molecule is COC(=O)c1cc(F)cc(C(C)(C)OC)c1. The Labute approximate surface area is 94.2 Å². The van der Waals surface area contributed by atoms with Gasteiger partial charge in [-0.15, -0.1) is 0 Å². The van der Waals surface area contributed by atoms with Crippen LogP contribution in [0.15, 0.2) is 18.2 Å². The molecular formula is C12H15FO3. The Morgan fingerprint density at radius 3 is 2.38 bits per heavy atom. The first kappa shape index (κ1) is 12.6. The highest BCUT2D eigenvalue weighted by Gasteiger charge is 2.22. The van der Waals surface area contributed by atoms with E-state index >= 15 is 0 Å². The standard InChI is InChI=1S/C12H15FO3/c1-12(2,16-4)9-5-8(11(14)15-3)6-10(13)7-9/h5-7H,1-4H3. The summed E-state index contributed by atoms with van der Waals surface area (Å²) in [4.78, 5) is 11.3. The molecule has 1 aromatic carbocycles. The van der Waals surface area contributed by atoms with Crippen LogP contribution in [0.2, 0.25) is 0 Å². The molecule has 0 aliphatic carbocycles. The molecule has 16 heavy (non-hydrogen) atoms. The van der Waals surface area contributed by atoms with E-state index in [-0.39, 0.29) is 5.56 Å². The molecule has 0 saturated heterocycles. The van der Waals surface area contributed by atoms with Gasteiger partial charge in [0.25, 0.3) is 0 Å². The normalized spacial score (nSPS) is 11.3. The summed E-state index contributed by atoms with van der Waals surface area (Å²) in [5, 5.41) is 0. The molecule has 0 aromatic heterocycles. The Balaban J connectivity index is 3.23. The summed E-state index contributed by atoms with van der Waals surface area (Å²) in [7, 11) is 2.79. The molecule has 0 radical (unpaired) electrons. The first-order valence-electron chi connectivity index (χ1n) is 4.85. The third kappa shape index (κ3) is 2.58. The maximum Gasteiger partial charge on any atom is 0.337 e. The van der Waals surface area contributed by atoms with Gasteiger partial charge in [-0.05, 0) is 37.6 Å². The zero-order valence-corrected chi connectivity index (χ0v) is 9.83. The van der Waals surface area contributed by atoms with Crippen molar-refractivity contribution in [2.45, 2.75) is 19.4 Å². The minimum absolute atomic E-state index is 0.183. The van der Waals surface area contributed by atoms with Crippen molar-refractivity contribution in [3.8, 4) is 0 Å². The van der Waals surface area contributed by atoms with E-state index in [9.17, 15) is 9.18 Å². The van der Waals surface area contributed by atoms with E-state index in [0.29, 0.717) is 5.56 Å². The van der Waals surface area contributed by atoms with Crippen LogP contribution in [0.4, 0.5) is 4.39 Å². The van der Waals surface area contributed by atoms with Crippen LogP contribution in [-0.2, 0) is 15.1 Å². The van der Waals surface area contributed by atoms with Crippen molar-refractivity contribution in [3.63, 3.8) is 0 Å². The average molecular weight is 226 g/mol. The van der Waals surface area contributed by atoms with Crippen LogP contribution < -0.4 is 0 Å². The second kappa shape index (κ2) is 4.61. The molecule has 0 unspecified atom stereocenters. The van der Waals surface area contributed by atoms with Gasteiger partial charge in [-0.25, -0.2) is 9.18 Å². The van der Waals surface area contributed by atoms with Gasteiger partial charge in [0.05, 0.1) is 18.3 Å². The molecule has 0 atom stereocenters. The summed E-state index contributed by atoms with van der Waals surface area (Å²) in [6, 6.07) is 4.05. The Kier molecular flexibility index (Phi) is 3.65. The highest BCUT2D eigenvalue weighted by Crippen LogP contribution is 2.25. The molecule has 0 N–H and O–H groups in total. The first-order valence-corrected chi connectivity index (χ1v) is 4.85. The van der Waals surface area contributed by atoms with E-state index in [2.05, 4.69) is 4.74 Å². The van der Waals surface area contributed by atoms with Crippen molar-refractivity contribution >= 4 is 5.97 Å². The molecule has 0 aliphatic heterocycles. The van der Waals surface area contributed by atoms with Crippen LogP contribution in [0.25, 0.3) is 0 Å². The van der Waals surface area contributed by atoms with Crippen LogP contribution >= 0.6 is 0 Å². The number of hydrogen-bond acceptors (Lipinski definition) is 3. The Morgan fingerprint density at radius 1 is 1.25 bits per heavy atom. The number of methoxy groups -OCH3 is 2. The molecule has 0 heterocycles. The quantitative estimate of drug-likeness (QED) is 0.743. The zero-order valence-electron chi connectivity index (χ0n) is 9.83. The van der Waals surface area contributed by atoms with E-state index in [4.69, 9.17) is 4.74 Å². The van der Waals surface area contributed by atoms with Crippen LogP contribution in [0, 0.1) is 5.82 Å². The van der Waals surface area contributed by atoms with Gasteiger partial charge in [0.2, 0.25) is 0 Å². The molecule has 0 spiro atoms. The van der Waals surface area contributed by atoms with Crippen molar-refractivity contribution in [1.82, 2.24) is 0 Å². The van der Waals surface area contributed by atoms with Crippen LogP contribution in [0.1, 0.15) is 29.8 Å². The van der Waals surface area contributed by atoms with Crippen molar-refractivity contribution in [2.75, 3.05) is 14.2 Å². The number of carbonyl (C=O) groups excluding carboxylic acids is 1. The molecule has 4 heteroatoms. The number of rotatable bonds is 3. The van der Waals surface area contributed by atoms with Gasteiger partial charge in [0, 0.05) is 7.11 Å². The minimum atomic E-state index is -0.648. The lowest BCUT2D eigenvalue weighted by Crippen LogP contribution is -2.20. The van der Waals surface area contributed by atoms with E-state index < -0.39 is 17.4 Å². The number of benzene rings is 1. The lowest BCUT2D eigenvalue weighted by molar-refractivity contribution is 0.0188. The summed E-state index contributed by atoms with van der Waals surface area (Å²) in [6.07, 6.45) is 0. The van der Waals surface area contributed by atoms with Crippen LogP contribution in [0.5, 0.6) is 0 Å². The molecule has 0 aliphatic rings. The van der Waals surface area contributed by atoms with Crippen molar-refractivity contribution in [3.05, 3.63) is 35.1 Å². The first-order chi connectivity index (χ1) is 7.40. The molecule has 0 fully saturated rings. The van der Waals surface area contributed by atoms with Gasteiger partial charge in [-0.3, -0.25) is 0 Å². The van der Waals surface area contributed by atoms with Gasteiger partial charge < -0.3 is 9.47 Å². The fourth-order valence-electron chi connectivity index (χ4n) is 1.29. The van der Waals surface area contributed by atoms with E-state index in [1.165, 1.54) is 20.3 Å². The number of carbonyl (C=O) groups is 1. The van der Waals surface area contributed by atoms with E-state index in [0.717, 1.165) is 6.07 Å². The van der Waals surface area contributed by atoms with Crippen molar-refractivity contribution < 1.29 is 18.7 Å². The molecule has 1 rings (SSSR count). The Bertz CT molecular complexity index is 399. The molecule has 88 valence electrons. The molecule has 0 bridgehead atoms. The van der Waals surface area contributed by atoms with Gasteiger partial charge in [0.15, 0.2) is 0 Å². The molecule has 3 nitrogen and oxygen atoms in total. The van der Waals surface area contributed by atoms with Gasteiger partial charge in [-0.2, -0.15) is 0 Å². The third-order valence-corrected chi connectivity index (χ3v) is 2.52. The van der Waals surface area contributed by atoms with E-state index in [1.807, 2.05) is 0 Å². The maximum absolute atomic E-state index is 13.3. The monoisotopic (exact) mass is 226 g/mol. The Hall–Kier alpha value is -1.42. The second-order valence-electron chi connectivity index (χ2n) is 3.93. The van der Waals surface area contributed by atoms with Crippen molar-refractivity contribution in [1.29, 1.82) is 0 Å². The summed E-state index contributed by atoms with van der Waals surface area (Å²) >= 11 is 0. The van der Waals surface area contributed by atoms with Gasteiger partial charge in [0.1, 0.15) is 5.82 Å². The highest BCUT2D eigenvalue weighted by molar-refractivity contribution is 5.89. The van der Waals surface area contributed by atoms with Crippen LogP contribution in [0.3, 0.4) is 0 Å². The van der Waals surface area contributed by atoms with Gasteiger partial charge >= 0.3 is 5.97 Å². The second-order valence-corrected chi connectivity index (χ2v) is 3.93. The summed E-state index contributed by atoms with van der Waals surface area (Å²) in [5.74, 6) is -1.05. The molecule has 0 saturated carbocycles. The van der Waals surface area contributed by atoms with Crippen molar-refractivity contribution in [2.24, 2.45) is 0 Å². The minimum Gasteiger partial charge on any atom is -0.465 e. The predicted octanol–water partition coefficient (Wildman–Crippen LogP) is 2.49. The largest absolute Gasteiger partial charge is 0.465 e. The average Bonchev–Trinajstić information content (AvgIpc) is 2.27. The predicted molar refractivity (Wildman–Crippen MR) is 57.8 cm³/mol. The summed E-state index contributed by atoms with van der Waals surface area (Å²) in [5.41, 5.74) is 0.128. The number of hydrogen-bond donors (Lipinski definition) is 0. The fourth-order valence-corrected chi connectivity index (χ4v) is 1.29. The number of esters is 1. The Morgan fingerprint density at radius 2 is 1.88 bits per heavy atom. The fraction of sp³-hybridized carbons (Fsp3) is 0.417.